The maximum atomic E-state index is 10.4. The monoisotopic (exact) mass is 260 g/mol. The van der Waals surface area contributed by atoms with Crippen LogP contribution in [0.3, 0.4) is 0 Å². The minimum absolute atomic E-state index is 0.375. The summed E-state index contributed by atoms with van der Waals surface area (Å²) in [6.07, 6.45) is 3.51. The average molecular weight is 260 g/mol. The maximum absolute atomic E-state index is 10.4. The van der Waals surface area contributed by atoms with Crippen LogP contribution in [0.1, 0.15) is 36.7 Å². The van der Waals surface area contributed by atoms with Gasteiger partial charge in [0.05, 0.1) is 6.20 Å². The van der Waals surface area contributed by atoms with Crippen molar-refractivity contribution in [3.63, 3.8) is 0 Å². The highest BCUT2D eigenvalue weighted by Gasteiger charge is 2.23. The Hall–Kier alpha value is -1.65. The Morgan fingerprint density at radius 2 is 2.00 bits per heavy atom. The molecule has 2 aromatic rings. The van der Waals surface area contributed by atoms with Crippen molar-refractivity contribution in [3.05, 3.63) is 53.9 Å². The highest BCUT2D eigenvalue weighted by atomic mass is 16.5. The van der Waals surface area contributed by atoms with E-state index in [-0.39, 0.29) is 6.10 Å². The molecular weight excluding hydrogens is 240 g/mol. The van der Waals surface area contributed by atoms with E-state index in [9.17, 15) is 5.11 Å². The third kappa shape index (κ3) is 3.22. The summed E-state index contributed by atoms with van der Waals surface area (Å²) in [5.74, 6) is 0. The second-order valence-corrected chi connectivity index (χ2v) is 4.55. The molecule has 1 aromatic carbocycles. The first-order valence-electron chi connectivity index (χ1n) is 6.54. The van der Waals surface area contributed by atoms with Gasteiger partial charge in [0.1, 0.15) is 12.2 Å². The number of aliphatic hydroxyl groups is 1. The van der Waals surface area contributed by atoms with Gasteiger partial charge in [0, 0.05) is 25.4 Å². The van der Waals surface area contributed by atoms with E-state index in [1.54, 1.807) is 13.3 Å². The zero-order valence-electron chi connectivity index (χ0n) is 11.4. The molecule has 0 bridgehead atoms. The lowest BCUT2D eigenvalue weighted by Gasteiger charge is -2.21. The molecule has 19 heavy (non-hydrogen) atoms. The summed E-state index contributed by atoms with van der Waals surface area (Å²) in [5, 5.41) is 14.7. The number of aromatic nitrogens is 2. The van der Waals surface area contributed by atoms with Gasteiger partial charge < -0.3 is 9.84 Å². The van der Waals surface area contributed by atoms with E-state index >= 15 is 0 Å². The zero-order chi connectivity index (χ0) is 13.7. The third-order valence-electron chi connectivity index (χ3n) is 3.12. The van der Waals surface area contributed by atoms with Crippen molar-refractivity contribution in [2.75, 3.05) is 7.11 Å². The number of aryl methyl sites for hydroxylation is 1. The fourth-order valence-electron chi connectivity index (χ4n) is 2.15. The standard InChI is InChI=1S/C15H20N2O2/c1-3-9-17-11-13(10-16-17)14(18)15(19-2)12-7-5-4-6-8-12/h4-8,10-11,14-15,18H,3,9H2,1-2H3. The third-order valence-corrected chi connectivity index (χ3v) is 3.12. The molecule has 0 saturated heterocycles. The Labute approximate surface area is 113 Å². The van der Waals surface area contributed by atoms with Crippen molar-refractivity contribution in [1.82, 2.24) is 9.78 Å². The Balaban J connectivity index is 2.18. The van der Waals surface area contributed by atoms with Crippen LogP contribution in [0.5, 0.6) is 0 Å². The molecule has 1 heterocycles. The summed E-state index contributed by atoms with van der Waals surface area (Å²) >= 11 is 0. The number of ether oxygens (including phenoxy) is 1. The fourth-order valence-corrected chi connectivity index (χ4v) is 2.15. The van der Waals surface area contributed by atoms with E-state index in [1.807, 2.05) is 41.2 Å². The number of aliphatic hydroxyl groups excluding tert-OH is 1. The molecule has 4 heteroatoms. The largest absolute Gasteiger partial charge is 0.385 e. The molecule has 0 spiro atoms. The van der Waals surface area contributed by atoms with Crippen molar-refractivity contribution in [2.24, 2.45) is 0 Å². The average Bonchev–Trinajstić information content (AvgIpc) is 2.90. The first-order chi connectivity index (χ1) is 9.26. The first-order valence-corrected chi connectivity index (χ1v) is 6.54. The quantitative estimate of drug-likeness (QED) is 0.868. The predicted octanol–water partition coefficient (Wildman–Crippen LogP) is 2.71. The van der Waals surface area contributed by atoms with Gasteiger partial charge in [-0.3, -0.25) is 4.68 Å². The highest BCUT2D eigenvalue weighted by Crippen LogP contribution is 2.31. The van der Waals surface area contributed by atoms with Crippen LogP contribution in [0.4, 0.5) is 0 Å². The molecule has 1 aromatic heterocycles. The van der Waals surface area contributed by atoms with Gasteiger partial charge in [-0.25, -0.2) is 0 Å². The van der Waals surface area contributed by atoms with Crippen LogP contribution in [-0.4, -0.2) is 22.0 Å². The van der Waals surface area contributed by atoms with Crippen LogP contribution in [0.25, 0.3) is 0 Å². The predicted molar refractivity (Wildman–Crippen MR) is 73.7 cm³/mol. The SMILES string of the molecule is CCCn1cc(C(O)C(OC)c2ccccc2)cn1. The zero-order valence-corrected chi connectivity index (χ0v) is 11.4. The molecule has 0 aliphatic heterocycles. The van der Waals surface area contributed by atoms with Crippen molar-refractivity contribution in [1.29, 1.82) is 0 Å². The number of hydrogen-bond acceptors (Lipinski definition) is 3. The van der Waals surface area contributed by atoms with Crippen LogP contribution in [0.2, 0.25) is 0 Å². The Morgan fingerprint density at radius 3 is 2.63 bits per heavy atom. The van der Waals surface area contributed by atoms with Crippen molar-refractivity contribution in [3.8, 4) is 0 Å². The van der Waals surface area contributed by atoms with Gasteiger partial charge in [0.2, 0.25) is 0 Å². The minimum Gasteiger partial charge on any atom is -0.385 e. The van der Waals surface area contributed by atoms with E-state index in [1.165, 1.54) is 0 Å². The second kappa shape index (κ2) is 6.50. The minimum atomic E-state index is -0.710. The van der Waals surface area contributed by atoms with Crippen LogP contribution in [0, 0.1) is 0 Å². The molecule has 0 aliphatic carbocycles. The number of nitrogens with zero attached hydrogens (tertiary/aromatic N) is 2. The molecule has 2 unspecified atom stereocenters. The van der Waals surface area contributed by atoms with E-state index in [4.69, 9.17) is 4.74 Å². The van der Waals surface area contributed by atoms with Crippen LogP contribution in [0.15, 0.2) is 42.7 Å². The molecule has 4 nitrogen and oxygen atoms in total. The van der Waals surface area contributed by atoms with Gasteiger partial charge in [-0.05, 0) is 12.0 Å². The molecular formula is C15H20N2O2. The molecule has 2 atom stereocenters. The lowest BCUT2D eigenvalue weighted by Crippen LogP contribution is -2.12. The number of hydrogen-bond donors (Lipinski definition) is 1. The normalized spacial score (nSPS) is 14.3. The van der Waals surface area contributed by atoms with Crippen LogP contribution in [-0.2, 0) is 11.3 Å². The first kappa shape index (κ1) is 13.8. The molecule has 2 rings (SSSR count). The second-order valence-electron chi connectivity index (χ2n) is 4.55. The Bertz CT molecular complexity index is 496. The fraction of sp³-hybridized carbons (Fsp3) is 0.400. The van der Waals surface area contributed by atoms with E-state index in [2.05, 4.69) is 12.0 Å². The van der Waals surface area contributed by atoms with Crippen molar-refractivity contribution < 1.29 is 9.84 Å². The van der Waals surface area contributed by atoms with Crippen molar-refractivity contribution in [2.45, 2.75) is 32.1 Å². The molecule has 102 valence electrons. The topological polar surface area (TPSA) is 47.3 Å². The smallest absolute Gasteiger partial charge is 0.112 e. The summed E-state index contributed by atoms with van der Waals surface area (Å²) in [5.41, 5.74) is 1.74. The molecule has 0 fully saturated rings. The summed E-state index contributed by atoms with van der Waals surface area (Å²) in [7, 11) is 1.61. The number of rotatable bonds is 6. The molecule has 0 saturated carbocycles. The summed E-state index contributed by atoms with van der Waals surface area (Å²) in [4.78, 5) is 0. The maximum Gasteiger partial charge on any atom is 0.112 e. The summed E-state index contributed by atoms with van der Waals surface area (Å²) < 4.78 is 7.28. The van der Waals surface area contributed by atoms with Gasteiger partial charge in [-0.2, -0.15) is 5.10 Å². The lowest BCUT2D eigenvalue weighted by molar-refractivity contribution is -0.0149. The highest BCUT2D eigenvalue weighted by molar-refractivity contribution is 5.22. The van der Waals surface area contributed by atoms with E-state index in [0.29, 0.717) is 0 Å². The Kier molecular flexibility index (Phi) is 4.71. The van der Waals surface area contributed by atoms with Gasteiger partial charge in [0.25, 0.3) is 0 Å². The summed E-state index contributed by atoms with van der Waals surface area (Å²) in [6.45, 7) is 2.95. The van der Waals surface area contributed by atoms with E-state index in [0.717, 1.165) is 24.1 Å². The van der Waals surface area contributed by atoms with Crippen LogP contribution < -0.4 is 0 Å². The van der Waals surface area contributed by atoms with Crippen molar-refractivity contribution >= 4 is 0 Å². The molecule has 1 N–H and O–H groups in total. The van der Waals surface area contributed by atoms with Crippen LogP contribution >= 0.6 is 0 Å². The molecule has 0 radical (unpaired) electrons. The van der Waals surface area contributed by atoms with Gasteiger partial charge >= 0.3 is 0 Å². The van der Waals surface area contributed by atoms with Gasteiger partial charge in [0.15, 0.2) is 0 Å². The lowest BCUT2D eigenvalue weighted by atomic mass is 10.0. The van der Waals surface area contributed by atoms with E-state index < -0.39 is 6.10 Å². The van der Waals surface area contributed by atoms with Gasteiger partial charge in [-0.1, -0.05) is 37.3 Å². The Morgan fingerprint density at radius 1 is 1.26 bits per heavy atom. The number of benzene rings is 1. The molecule has 0 aliphatic rings. The van der Waals surface area contributed by atoms with Gasteiger partial charge in [-0.15, -0.1) is 0 Å². The number of methoxy groups -OCH3 is 1. The summed E-state index contributed by atoms with van der Waals surface area (Å²) in [6, 6.07) is 9.73. The molecule has 0 amide bonds.